The highest BCUT2D eigenvalue weighted by Gasteiger charge is 2.34. The smallest absolute Gasteiger partial charge is 0.410 e. The summed E-state index contributed by atoms with van der Waals surface area (Å²) in [6, 6.07) is 10.9. The summed E-state index contributed by atoms with van der Waals surface area (Å²) in [6.45, 7) is 7.39. The fraction of sp³-hybridized carbons (Fsp3) is 0.381. The fourth-order valence-electron chi connectivity index (χ4n) is 2.97. The van der Waals surface area contributed by atoms with Gasteiger partial charge >= 0.3 is 6.09 Å². The van der Waals surface area contributed by atoms with Gasteiger partial charge in [0.15, 0.2) is 0 Å². The molecule has 0 aliphatic carbocycles. The van der Waals surface area contributed by atoms with Crippen molar-refractivity contribution < 1.29 is 14.3 Å². The van der Waals surface area contributed by atoms with Gasteiger partial charge < -0.3 is 14.4 Å². The molecule has 29 heavy (non-hydrogen) atoms. The molecule has 0 bridgehead atoms. The average molecular weight is 453 g/mol. The molecule has 0 unspecified atom stereocenters. The van der Waals surface area contributed by atoms with E-state index >= 15 is 0 Å². The molecule has 0 saturated carbocycles. The molecule has 2 aromatic rings. The van der Waals surface area contributed by atoms with Crippen LogP contribution in [0.25, 0.3) is 11.1 Å². The van der Waals surface area contributed by atoms with Crippen LogP contribution in [0.15, 0.2) is 40.8 Å². The van der Waals surface area contributed by atoms with Crippen molar-refractivity contribution in [2.24, 2.45) is 10.3 Å². The largest absolute Gasteiger partial charge is 0.493 e. The minimum Gasteiger partial charge on any atom is -0.493 e. The number of halogens is 2. The number of likely N-dealkylation sites (tertiary alicyclic amines) is 1. The average Bonchev–Trinajstić information content (AvgIpc) is 2.59. The van der Waals surface area contributed by atoms with Crippen molar-refractivity contribution in [2.45, 2.75) is 26.4 Å². The van der Waals surface area contributed by atoms with Gasteiger partial charge in [-0.05, 0) is 50.6 Å². The number of nitrogens with zero attached hydrogens (tertiary/aromatic N) is 2. The Bertz CT molecular complexity index is 884. The predicted molar refractivity (Wildman–Crippen MR) is 118 cm³/mol. The number of hydrogen-bond donors (Lipinski definition) is 0. The first kappa shape index (κ1) is 21.8. The first-order valence-electron chi connectivity index (χ1n) is 9.20. The summed E-state index contributed by atoms with van der Waals surface area (Å²) in [7, 11) is 0. The standard InChI is InChI=1S/C21H22Cl2N2O3S/c1-21(2,3)28-20(26)25-10-13(11-25)12-27-16-6-4-14(5-7-16)19-17(22)8-15(24-29)9-18(19)23/h4-9,13H,10-12H2,1-3H3. The van der Waals surface area contributed by atoms with Crippen molar-refractivity contribution in [2.75, 3.05) is 19.7 Å². The molecule has 0 aromatic heterocycles. The molecule has 1 amide bonds. The second-order valence-corrected chi connectivity index (χ2v) is 8.96. The van der Waals surface area contributed by atoms with Gasteiger partial charge in [-0.25, -0.2) is 4.79 Å². The van der Waals surface area contributed by atoms with Crippen LogP contribution in [0.4, 0.5) is 10.5 Å². The highest BCUT2D eigenvalue weighted by molar-refractivity contribution is 7.47. The number of carbonyl (C=O) groups excluding carboxylic acids is 1. The molecule has 3 rings (SSSR count). The van der Waals surface area contributed by atoms with Gasteiger partial charge in [-0.1, -0.05) is 35.3 Å². The van der Waals surface area contributed by atoms with Gasteiger partial charge in [0.2, 0.25) is 0 Å². The van der Waals surface area contributed by atoms with Crippen LogP contribution in [0.2, 0.25) is 10.0 Å². The molecule has 1 fully saturated rings. The Balaban J connectivity index is 1.54. The van der Waals surface area contributed by atoms with Gasteiger partial charge in [0.25, 0.3) is 0 Å². The summed E-state index contributed by atoms with van der Waals surface area (Å²) in [6.07, 6.45) is -0.276. The van der Waals surface area contributed by atoms with Crippen molar-refractivity contribution in [1.82, 2.24) is 4.90 Å². The van der Waals surface area contributed by atoms with Crippen LogP contribution < -0.4 is 4.74 Å². The Morgan fingerprint density at radius 1 is 1.17 bits per heavy atom. The Hall–Kier alpha value is -1.89. The zero-order chi connectivity index (χ0) is 21.2. The van der Waals surface area contributed by atoms with Crippen LogP contribution in [0.3, 0.4) is 0 Å². The molecule has 1 aliphatic rings. The first-order chi connectivity index (χ1) is 13.7. The maximum absolute atomic E-state index is 12.0. The van der Waals surface area contributed by atoms with Crippen molar-refractivity contribution in [3.8, 4) is 16.9 Å². The fourth-order valence-corrected chi connectivity index (χ4v) is 3.77. The van der Waals surface area contributed by atoms with Crippen molar-refractivity contribution in [1.29, 1.82) is 0 Å². The van der Waals surface area contributed by atoms with Crippen molar-refractivity contribution >= 4 is 47.4 Å². The van der Waals surface area contributed by atoms with E-state index in [2.05, 4.69) is 16.8 Å². The molecule has 0 atom stereocenters. The highest BCUT2D eigenvalue weighted by atomic mass is 35.5. The van der Waals surface area contributed by atoms with Crippen LogP contribution in [-0.2, 0) is 17.2 Å². The van der Waals surface area contributed by atoms with E-state index in [4.69, 9.17) is 32.7 Å². The lowest BCUT2D eigenvalue weighted by Gasteiger charge is -2.39. The summed E-state index contributed by atoms with van der Waals surface area (Å²) in [5.41, 5.74) is 1.68. The zero-order valence-corrected chi connectivity index (χ0v) is 18.8. The van der Waals surface area contributed by atoms with E-state index in [1.54, 1.807) is 17.0 Å². The predicted octanol–water partition coefficient (Wildman–Crippen LogP) is 6.27. The lowest BCUT2D eigenvalue weighted by atomic mass is 10.0. The number of rotatable bonds is 5. The SMILES string of the molecule is CC(C)(C)OC(=O)N1CC(COc2ccc(-c3c(Cl)cc(N=S)cc3Cl)cc2)C1. The summed E-state index contributed by atoms with van der Waals surface area (Å²) in [4.78, 5) is 13.6. The van der Waals surface area contributed by atoms with E-state index in [0.717, 1.165) is 16.9 Å². The summed E-state index contributed by atoms with van der Waals surface area (Å²) < 4.78 is 14.9. The first-order valence-corrected chi connectivity index (χ1v) is 10.3. The third-order valence-electron chi connectivity index (χ3n) is 4.37. The van der Waals surface area contributed by atoms with Crippen LogP contribution in [0.5, 0.6) is 5.75 Å². The molecule has 0 N–H and O–H groups in total. The van der Waals surface area contributed by atoms with Crippen LogP contribution in [0, 0.1) is 5.92 Å². The van der Waals surface area contributed by atoms with Crippen LogP contribution >= 0.6 is 23.2 Å². The second-order valence-electron chi connectivity index (χ2n) is 7.96. The van der Waals surface area contributed by atoms with Crippen LogP contribution in [-0.4, -0.2) is 36.3 Å². The summed E-state index contributed by atoms with van der Waals surface area (Å²) in [5.74, 6) is 1.04. The van der Waals surface area contributed by atoms with E-state index in [1.165, 1.54) is 0 Å². The second kappa shape index (κ2) is 8.86. The number of hydrogen-bond acceptors (Lipinski definition) is 5. The molecule has 1 aliphatic heterocycles. The Morgan fingerprint density at radius 3 is 2.28 bits per heavy atom. The van der Waals surface area contributed by atoms with Crippen LogP contribution in [0.1, 0.15) is 20.8 Å². The van der Waals surface area contributed by atoms with Gasteiger partial charge in [-0.3, -0.25) is 0 Å². The van der Waals surface area contributed by atoms with E-state index in [0.29, 0.717) is 41.3 Å². The number of carbonyl (C=O) groups is 1. The van der Waals surface area contributed by atoms with Gasteiger partial charge in [0, 0.05) is 37.0 Å². The lowest BCUT2D eigenvalue weighted by Crippen LogP contribution is -2.53. The molecule has 154 valence electrons. The van der Waals surface area contributed by atoms with Gasteiger partial charge in [0.05, 0.1) is 22.3 Å². The third-order valence-corrected chi connectivity index (χ3v) is 5.18. The molecule has 0 radical (unpaired) electrons. The number of benzene rings is 2. The summed E-state index contributed by atoms with van der Waals surface area (Å²) in [5, 5.41) is 0.984. The molecule has 8 heteroatoms. The van der Waals surface area contributed by atoms with Crippen molar-refractivity contribution in [3.63, 3.8) is 0 Å². The zero-order valence-electron chi connectivity index (χ0n) is 16.4. The maximum Gasteiger partial charge on any atom is 0.410 e. The minimum atomic E-state index is -0.480. The van der Waals surface area contributed by atoms with E-state index in [-0.39, 0.29) is 6.09 Å². The molecule has 0 spiro atoms. The Morgan fingerprint density at radius 2 is 1.76 bits per heavy atom. The molecule has 2 aromatic carbocycles. The maximum atomic E-state index is 12.0. The number of ether oxygens (including phenoxy) is 2. The molecular formula is C21H22Cl2N2O3S. The van der Waals surface area contributed by atoms with Gasteiger partial charge in [-0.15, -0.1) is 0 Å². The topological polar surface area (TPSA) is 51.1 Å². The molecule has 1 saturated heterocycles. The van der Waals surface area contributed by atoms with Gasteiger partial charge in [0.1, 0.15) is 11.4 Å². The lowest BCUT2D eigenvalue weighted by molar-refractivity contribution is -0.00781. The van der Waals surface area contributed by atoms with Gasteiger partial charge in [-0.2, -0.15) is 4.36 Å². The van der Waals surface area contributed by atoms with E-state index < -0.39 is 5.60 Å². The molecule has 5 nitrogen and oxygen atoms in total. The Labute approximate surface area is 186 Å². The minimum absolute atomic E-state index is 0.276. The number of amides is 1. The van der Waals surface area contributed by atoms with E-state index in [9.17, 15) is 4.79 Å². The Kier molecular flexibility index (Phi) is 6.66. The normalized spacial score (nSPS) is 14.3. The monoisotopic (exact) mass is 452 g/mol. The highest BCUT2D eigenvalue weighted by Crippen LogP contribution is 2.38. The third kappa shape index (κ3) is 5.59. The molecule has 1 heterocycles. The van der Waals surface area contributed by atoms with Crippen molar-refractivity contribution in [3.05, 3.63) is 46.4 Å². The summed E-state index contributed by atoms with van der Waals surface area (Å²) >= 11 is 17.4. The molecular weight excluding hydrogens is 431 g/mol. The van der Waals surface area contributed by atoms with E-state index in [1.807, 2.05) is 45.0 Å². The quantitative estimate of drug-likeness (QED) is 0.536.